The molecule has 1 N–H and O–H groups in total. The zero-order valence-corrected chi connectivity index (χ0v) is 13.6. The Hall–Kier alpha value is -1.65. The molecule has 0 radical (unpaired) electrons. The Morgan fingerprint density at radius 2 is 1.95 bits per heavy atom. The van der Waals surface area contributed by atoms with Crippen molar-refractivity contribution in [3.8, 4) is 0 Å². The molecule has 0 saturated heterocycles. The maximum atomic E-state index is 4.83. The number of nitrogens with zero attached hydrogens (tertiary/aromatic N) is 2. The van der Waals surface area contributed by atoms with E-state index in [1.54, 1.807) is 11.3 Å². The minimum atomic E-state index is 0.0959. The molecule has 2 aromatic heterocycles. The molecule has 3 nitrogen and oxygen atoms in total. The van der Waals surface area contributed by atoms with Crippen molar-refractivity contribution in [1.29, 1.82) is 0 Å². The molecule has 0 aliphatic rings. The molecule has 2 heterocycles. The van der Waals surface area contributed by atoms with Crippen molar-refractivity contribution in [2.24, 2.45) is 0 Å². The van der Waals surface area contributed by atoms with Gasteiger partial charge in [-0.3, -0.25) is 4.68 Å². The van der Waals surface area contributed by atoms with E-state index in [2.05, 4.69) is 72.5 Å². The van der Waals surface area contributed by atoms with Gasteiger partial charge in [-0.05, 0) is 38.3 Å². The number of hydrogen-bond donors (Lipinski definition) is 1. The summed E-state index contributed by atoms with van der Waals surface area (Å²) in [5.41, 5.74) is 2.42. The van der Waals surface area contributed by atoms with Gasteiger partial charge < -0.3 is 5.32 Å². The molecule has 0 aliphatic carbocycles. The number of thiophene rings is 1. The van der Waals surface area contributed by atoms with Crippen molar-refractivity contribution in [2.75, 3.05) is 0 Å². The fraction of sp³-hybridized carbons (Fsp3) is 0.353. The Morgan fingerprint density at radius 3 is 2.67 bits per heavy atom. The normalized spacial score (nSPS) is 12.1. The second-order valence-electron chi connectivity index (χ2n) is 6.30. The number of hydrogen-bond acceptors (Lipinski definition) is 3. The van der Waals surface area contributed by atoms with E-state index in [4.69, 9.17) is 5.10 Å². The van der Waals surface area contributed by atoms with Crippen molar-refractivity contribution < 1.29 is 0 Å². The van der Waals surface area contributed by atoms with Crippen LogP contribution in [0.25, 0.3) is 10.9 Å². The van der Waals surface area contributed by atoms with E-state index in [0.29, 0.717) is 0 Å². The highest BCUT2D eigenvalue weighted by atomic mass is 32.1. The number of benzene rings is 1. The zero-order chi connectivity index (χ0) is 14.9. The quantitative estimate of drug-likeness (QED) is 0.788. The molecule has 4 heteroatoms. The van der Waals surface area contributed by atoms with Gasteiger partial charge in [0.15, 0.2) is 0 Å². The maximum absolute atomic E-state index is 4.83. The topological polar surface area (TPSA) is 29.9 Å². The first kappa shape index (κ1) is 14.3. The first-order valence-electron chi connectivity index (χ1n) is 7.25. The summed E-state index contributed by atoms with van der Waals surface area (Å²) in [5.74, 6) is 0. The van der Waals surface area contributed by atoms with Gasteiger partial charge in [-0.1, -0.05) is 24.3 Å². The lowest BCUT2D eigenvalue weighted by atomic mass is 10.1. The highest BCUT2D eigenvalue weighted by Gasteiger charge is 2.14. The first-order valence-corrected chi connectivity index (χ1v) is 8.13. The summed E-state index contributed by atoms with van der Waals surface area (Å²) in [4.78, 5) is 1.33. The van der Waals surface area contributed by atoms with Gasteiger partial charge in [0.05, 0.1) is 17.8 Å². The fourth-order valence-corrected chi connectivity index (χ4v) is 3.03. The zero-order valence-electron chi connectivity index (χ0n) is 12.8. The van der Waals surface area contributed by atoms with Gasteiger partial charge in [-0.15, -0.1) is 11.3 Å². The summed E-state index contributed by atoms with van der Waals surface area (Å²) < 4.78 is 2.11. The Morgan fingerprint density at radius 1 is 1.14 bits per heavy atom. The number of fused-ring (bicyclic) bond motifs is 1. The number of aromatic nitrogens is 2. The standard InChI is InChI=1S/C17H21N3S/c1-17(2,3)18-11-15-14-8-4-5-9-16(14)20(19-15)12-13-7-6-10-21-13/h4-10,18H,11-12H2,1-3H3. The third kappa shape index (κ3) is 3.34. The molecule has 21 heavy (non-hydrogen) atoms. The Kier molecular flexibility index (Phi) is 3.83. The van der Waals surface area contributed by atoms with Crippen LogP contribution >= 0.6 is 11.3 Å². The predicted molar refractivity (Wildman–Crippen MR) is 89.7 cm³/mol. The number of para-hydroxylation sites is 1. The van der Waals surface area contributed by atoms with E-state index >= 15 is 0 Å². The molecule has 0 atom stereocenters. The van der Waals surface area contributed by atoms with Crippen LogP contribution in [-0.2, 0) is 13.1 Å². The van der Waals surface area contributed by atoms with Crippen LogP contribution in [0.1, 0.15) is 31.3 Å². The Bertz CT molecular complexity index is 720. The summed E-state index contributed by atoms with van der Waals surface area (Å²) in [6.45, 7) is 8.17. The highest BCUT2D eigenvalue weighted by molar-refractivity contribution is 7.09. The van der Waals surface area contributed by atoms with Crippen molar-refractivity contribution >= 4 is 22.2 Å². The molecular weight excluding hydrogens is 278 g/mol. The molecule has 0 amide bonds. The van der Waals surface area contributed by atoms with Crippen LogP contribution in [0.3, 0.4) is 0 Å². The van der Waals surface area contributed by atoms with E-state index in [-0.39, 0.29) is 5.54 Å². The van der Waals surface area contributed by atoms with Crippen LogP contribution < -0.4 is 5.32 Å². The SMILES string of the molecule is CC(C)(C)NCc1nn(Cc2cccs2)c2ccccc12. The average molecular weight is 299 g/mol. The minimum absolute atomic E-state index is 0.0959. The summed E-state index contributed by atoms with van der Waals surface area (Å²) in [5, 5.41) is 11.7. The lowest BCUT2D eigenvalue weighted by Gasteiger charge is -2.19. The van der Waals surface area contributed by atoms with Gasteiger partial charge in [0.25, 0.3) is 0 Å². The molecule has 0 spiro atoms. The molecular formula is C17H21N3S. The van der Waals surface area contributed by atoms with Crippen LogP contribution in [0.15, 0.2) is 41.8 Å². The van der Waals surface area contributed by atoms with Gasteiger partial charge >= 0.3 is 0 Å². The van der Waals surface area contributed by atoms with Gasteiger partial charge in [0, 0.05) is 22.3 Å². The van der Waals surface area contributed by atoms with Crippen molar-refractivity contribution in [3.05, 3.63) is 52.3 Å². The van der Waals surface area contributed by atoms with Crippen LogP contribution in [0, 0.1) is 0 Å². The van der Waals surface area contributed by atoms with Crippen LogP contribution in [0.2, 0.25) is 0 Å². The Balaban J connectivity index is 1.94. The van der Waals surface area contributed by atoms with Crippen molar-refractivity contribution in [2.45, 2.75) is 39.4 Å². The molecule has 3 rings (SSSR count). The average Bonchev–Trinajstić information content (AvgIpc) is 3.05. The highest BCUT2D eigenvalue weighted by Crippen LogP contribution is 2.21. The number of nitrogens with one attached hydrogen (secondary N) is 1. The van der Waals surface area contributed by atoms with E-state index in [0.717, 1.165) is 18.8 Å². The summed E-state index contributed by atoms with van der Waals surface area (Å²) in [6, 6.07) is 12.7. The monoisotopic (exact) mass is 299 g/mol. The minimum Gasteiger partial charge on any atom is -0.306 e. The summed E-state index contributed by atoms with van der Waals surface area (Å²) in [7, 11) is 0. The van der Waals surface area contributed by atoms with Crippen LogP contribution in [-0.4, -0.2) is 15.3 Å². The van der Waals surface area contributed by atoms with Crippen LogP contribution in [0.5, 0.6) is 0 Å². The van der Waals surface area contributed by atoms with E-state index in [1.807, 2.05) is 0 Å². The van der Waals surface area contributed by atoms with Gasteiger partial charge in [-0.25, -0.2) is 0 Å². The van der Waals surface area contributed by atoms with Crippen LogP contribution in [0.4, 0.5) is 0 Å². The molecule has 110 valence electrons. The third-order valence-electron chi connectivity index (χ3n) is 3.41. The predicted octanol–water partition coefficient (Wildman–Crippen LogP) is 4.03. The van der Waals surface area contributed by atoms with Gasteiger partial charge in [-0.2, -0.15) is 5.10 Å². The molecule has 0 unspecified atom stereocenters. The molecule has 1 aromatic carbocycles. The van der Waals surface area contributed by atoms with E-state index in [1.165, 1.54) is 15.8 Å². The van der Waals surface area contributed by atoms with Gasteiger partial charge in [0.2, 0.25) is 0 Å². The largest absolute Gasteiger partial charge is 0.306 e. The smallest absolute Gasteiger partial charge is 0.0841 e. The number of rotatable bonds is 4. The summed E-state index contributed by atoms with van der Waals surface area (Å²) in [6.07, 6.45) is 0. The fourth-order valence-electron chi connectivity index (χ4n) is 2.35. The van der Waals surface area contributed by atoms with E-state index in [9.17, 15) is 0 Å². The van der Waals surface area contributed by atoms with Gasteiger partial charge in [0.1, 0.15) is 0 Å². The second-order valence-corrected chi connectivity index (χ2v) is 7.34. The summed E-state index contributed by atoms with van der Waals surface area (Å²) >= 11 is 1.78. The maximum Gasteiger partial charge on any atom is 0.0841 e. The lowest BCUT2D eigenvalue weighted by molar-refractivity contribution is 0.420. The molecule has 0 fully saturated rings. The molecule has 0 bridgehead atoms. The second kappa shape index (κ2) is 5.62. The lowest BCUT2D eigenvalue weighted by Crippen LogP contribution is -2.35. The molecule has 3 aromatic rings. The van der Waals surface area contributed by atoms with Crippen molar-refractivity contribution in [3.63, 3.8) is 0 Å². The molecule has 0 aliphatic heterocycles. The van der Waals surface area contributed by atoms with E-state index < -0.39 is 0 Å². The third-order valence-corrected chi connectivity index (χ3v) is 4.27. The molecule has 0 saturated carbocycles. The Labute approximate surface area is 129 Å². The first-order chi connectivity index (χ1) is 10.0. The van der Waals surface area contributed by atoms with Crippen molar-refractivity contribution in [1.82, 2.24) is 15.1 Å².